The van der Waals surface area contributed by atoms with Crippen LogP contribution in [0.3, 0.4) is 0 Å². The van der Waals surface area contributed by atoms with E-state index < -0.39 is 0 Å². The largest absolute Gasteiger partial charge is 0.0728 e. The Hall–Kier alpha value is -5.98. The number of hydrogen-bond acceptors (Lipinski definition) is 0. The standard InChI is InChI=1S/C49H32/c1-30-25-27-31(28-26-30)45-35-16-4-6-18-37(35)46(38-19-7-5-17-36(38)45)40-21-12-24-44-47(40)39-20-9-11-23-43(39)49(44)42-22-10-8-15-34(42)41-29-32-13-2-3-14-33(32)48(41)49/h2-28H,29H2,1H3. The van der Waals surface area contributed by atoms with Crippen LogP contribution in [0.5, 0.6) is 0 Å². The molecule has 0 fully saturated rings. The Balaban J connectivity index is 1.29. The Kier molecular flexibility index (Phi) is 5.39. The highest BCUT2D eigenvalue weighted by Crippen LogP contribution is 2.68. The Bertz CT molecular complexity index is 2680. The Morgan fingerprint density at radius 2 is 0.898 bits per heavy atom. The highest BCUT2D eigenvalue weighted by atomic mass is 14.6. The fraction of sp³-hybridized carbons (Fsp3) is 0.0612. The molecule has 8 aromatic carbocycles. The third kappa shape index (κ3) is 3.38. The SMILES string of the molecule is Cc1ccc(-c2c3ccccc3c(-c3cccc4c3-c3ccccc3C43C4=C(Cc5ccccc54)c4ccccc43)c3ccccc23)cc1. The van der Waals surface area contributed by atoms with Crippen LogP contribution < -0.4 is 0 Å². The van der Waals surface area contributed by atoms with Crippen LogP contribution in [0.1, 0.15) is 38.9 Å². The van der Waals surface area contributed by atoms with Crippen molar-refractivity contribution in [1.82, 2.24) is 0 Å². The van der Waals surface area contributed by atoms with Crippen molar-refractivity contribution in [2.75, 3.05) is 0 Å². The zero-order chi connectivity index (χ0) is 32.3. The fourth-order valence-electron chi connectivity index (χ4n) is 9.77. The summed E-state index contributed by atoms with van der Waals surface area (Å²) >= 11 is 0. The van der Waals surface area contributed by atoms with E-state index in [1.54, 1.807) is 0 Å². The summed E-state index contributed by atoms with van der Waals surface area (Å²) in [5.74, 6) is 0. The van der Waals surface area contributed by atoms with Crippen molar-refractivity contribution >= 4 is 32.7 Å². The molecule has 1 spiro atoms. The van der Waals surface area contributed by atoms with Crippen LogP contribution in [0.2, 0.25) is 0 Å². The first-order chi connectivity index (χ1) is 24.2. The van der Waals surface area contributed by atoms with Crippen molar-refractivity contribution in [2.24, 2.45) is 0 Å². The lowest BCUT2D eigenvalue weighted by Crippen LogP contribution is -2.26. The fourth-order valence-corrected chi connectivity index (χ4v) is 9.77. The van der Waals surface area contributed by atoms with Gasteiger partial charge in [0.25, 0.3) is 0 Å². The van der Waals surface area contributed by atoms with Crippen molar-refractivity contribution in [1.29, 1.82) is 0 Å². The smallest absolute Gasteiger partial charge is 0.0619 e. The first-order valence-corrected chi connectivity index (χ1v) is 17.4. The molecule has 3 aliphatic rings. The Morgan fingerprint density at radius 3 is 1.59 bits per heavy atom. The lowest BCUT2D eigenvalue weighted by Gasteiger charge is -2.33. The number of benzene rings is 8. The quantitative estimate of drug-likeness (QED) is 0.169. The second-order valence-electron chi connectivity index (χ2n) is 14.0. The van der Waals surface area contributed by atoms with E-state index in [2.05, 4.69) is 171 Å². The molecule has 0 N–H and O–H groups in total. The minimum Gasteiger partial charge on any atom is -0.0619 e. The second kappa shape index (κ2) is 9.78. The third-order valence-corrected chi connectivity index (χ3v) is 11.6. The first kappa shape index (κ1) is 27.0. The van der Waals surface area contributed by atoms with E-state index in [0.717, 1.165) is 6.42 Å². The van der Waals surface area contributed by atoms with Crippen LogP contribution in [-0.4, -0.2) is 0 Å². The van der Waals surface area contributed by atoms with E-state index in [4.69, 9.17) is 0 Å². The molecule has 0 aromatic heterocycles. The molecule has 0 saturated heterocycles. The van der Waals surface area contributed by atoms with Crippen LogP contribution in [0.15, 0.2) is 164 Å². The van der Waals surface area contributed by atoms with E-state index in [1.807, 2.05) is 0 Å². The predicted octanol–water partition coefficient (Wildman–Crippen LogP) is 12.4. The average Bonchev–Trinajstić information content (AvgIpc) is 3.78. The zero-order valence-corrected chi connectivity index (χ0v) is 27.3. The minimum atomic E-state index is -0.367. The van der Waals surface area contributed by atoms with Gasteiger partial charge in [0.05, 0.1) is 5.41 Å². The molecule has 8 aromatic rings. The molecule has 0 heterocycles. The third-order valence-electron chi connectivity index (χ3n) is 11.6. The van der Waals surface area contributed by atoms with Gasteiger partial charge in [0.15, 0.2) is 0 Å². The van der Waals surface area contributed by atoms with Crippen molar-refractivity contribution in [3.63, 3.8) is 0 Å². The van der Waals surface area contributed by atoms with Gasteiger partial charge in [-0.1, -0.05) is 169 Å². The Labute approximate surface area is 286 Å². The van der Waals surface area contributed by atoms with Gasteiger partial charge in [0, 0.05) is 0 Å². The second-order valence-corrected chi connectivity index (χ2v) is 14.0. The van der Waals surface area contributed by atoms with E-state index in [-0.39, 0.29) is 5.41 Å². The van der Waals surface area contributed by atoms with Crippen molar-refractivity contribution in [3.05, 3.63) is 203 Å². The molecule has 49 heavy (non-hydrogen) atoms. The van der Waals surface area contributed by atoms with E-state index in [9.17, 15) is 0 Å². The molecule has 228 valence electrons. The van der Waals surface area contributed by atoms with E-state index in [1.165, 1.54) is 105 Å². The summed E-state index contributed by atoms with van der Waals surface area (Å²) in [6.45, 7) is 2.16. The van der Waals surface area contributed by atoms with Crippen LogP contribution in [0.4, 0.5) is 0 Å². The number of hydrogen-bond donors (Lipinski definition) is 0. The molecule has 0 nitrogen and oxygen atoms in total. The van der Waals surface area contributed by atoms with Crippen LogP contribution in [-0.2, 0) is 11.8 Å². The molecule has 3 aliphatic carbocycles. The normalized spacial score (nSPS) is 16.6. The summed E-state index contributed by atoms with van der Waals surface area (Å²) in [5, 5.41) is 5.17. The van der Waals surface area contributed by atoms with Crippen LogP contribution >= 0.6 is 0 Å². The summed E-state index contributed by atoms with van der Waals surface area (Å²) < 4.78 is 0. The first-order valence-electron chi connectivity index (χ1n) is 17.4. The highest BCUT2D eigenvalue weighted by Gasteiger charge is 2.55. The van der Waals surface area contributed by atoms with Gasteiger partial charge in [-0.25, -0.2) is 0 Å². The van der Waals surface area contributed by atoms with Gasteiger partial charge < -0.3 is 0 Å². The molecule has 0 amide bonds. The van der Waals surface area contributed by atoms with E-state index in [0.29, 0.717) is 0 Å². The summed E-state index contributed by atoms with van der Waals surface area (Å²) in [4.78, 5) is 0. The monoisotopic (exact) mass is 620 g/mol. The van der Waals surface area contributed by atoms with Gasteiger partial charge >= 0.3 is 0 Å². The maximum absolute atomic E-state index is 2.43. The molecule has 1 atom stereocenters. The summed E-state index contributed by atoms with van der Waals surface area (Å²) in [5.41, 5.74) is 20.2. The van der Waals surface area contributed by atoms with Crippen molar-refractivity contribution < 1.29 is 0 Å². The number of fused-ring (bicyclic) bond motifs is 13. The summed E-state index contributed by atoms with van der Waals surface area (Å²) in [6, 6.07) is 61.9. The van der Waals surface area contributed by atoms with Gasteiger partial charge in [-0.2, -0.15) is 0 Å². The highest BCUT2D eigenvalue weighted by molar-refractivity contribution is 6.23. The number of rotatable bonds is 2. The topological polar surface area (TPSA) is 0 Å². The zero-order valence-electron chi connectivity index (χ0n) is 27.3. The van der Waals surface area contributed by atoms with Crippen molar-refractivity contribution in [2.45, 2.75) is 18.8 Å². The molecule has 11 rings (SSSR count). The average molecular weight is 621 g/mol. The van der Waals surface area contributed by atoms with Crippen molar-refractivity contribution in [3.8, 4) is 33.4 Å². The molecule has 0 heteroatoms. The van der Waals surface area contributed by atoms with Gasteiger partial charge in [-0.15, -0.1) is 0 Å². The molecule has 0 saturated carbocycles. The molecule has 0 aliphatic heterocycles. The van der Waals surface area contributed by atoms with Crippen LogP contribution in [0.25, 0.3) is 66.1 Å². The van der Waals surface area contributed by atoms with Gasteiger partial charge in [-0.05, 0) is 113 Å². The molecule has 0 bridgehead atoms. The summed E-state index contributed by atoms with van der Waals surface area (Å²) in [7, 11) is 0. The Morgan fingerprint density at radius 1 is 0.388 bits per heavy atom. The predicted molar refractivity (Wildman–Crippen MR) is 206 cm³/mol. The molecular formula is C49H32. The van der Waals surface area contributed by atoms with Gasteiger partial charge in [0.2, 0.25) is 0 Å². The van der Waals surface area contributed by atoms with Gasteiger partial charge in [0.1, 0.15) is 0 Å². The van der Waals surface area contributed by atoms with Crippen LogP contribution in [0, 0.1) is 6.92 Å². The molecule has 1 unspecified atom stereocenters. The van der Waals surface area contributed by atoms with Gasteiger partial charge in [-0.3, -0.25) is 0 Å². The minimum absolute atomic E-state index is 0.367. The lowest BCUT2D eigenvalue weighted by molar-refractivity contribution is 0.842. The molecule has 0 radical (unpaired) electrons. The van der Waals surface area contributed by atoms with E-state index >= 15 is 0 Å². The molecular weight excluding hydrogens is 589 g/mol. The maximum Gasteiger partial charge on any atom is 0.0728 e. The maximum atomic E-state index is 2.43. The lowest BCUT2D eigenvalue weighted by atomic mass is 9.68. The summed E-state index contributed by atoms with van der Waals surface area (Å²) in [6.07, 6.45) is 0.983. The number of allylic oxidation sites excluding steroid dienone is 2. The number of aryl methyl sites for hydroxylation is 1.